The van der Waals surface area contributed by atoms with E-state index in [1.165, 1.54) is 11.8 Å². The van der Waals surface area contributed by atoms with Crippen LogP contribution in [-0.2, 0) is 4.79 Å². The number of pyridine rings is 1. The lowest BCUT2D eigenvalue weighted by Crippen LogP contribution is -2.24. The average molecular weight is 377 g/mol. The Morgan fingerprint density at radius 3 is 2.63 bits per heavy atom. The van der Waals surface area contributed by atoms with Crippen molar-refractivity contribution in [3.05, 3.63) is 60.3 Å². The quantitative estimate of drug-likeness (QED) is 0.485. The van der Waals surface area contributed by atoms with Crippen molar-refractivity contribution in [2.45, 2.75) is 30.7 Å². The van der Waals surface area contributed by atoms with Crippen LogP contribution in [0.4, 0.5) is 5.69 Å². The van der Waals surface area contributed by atoms with Gasteiger partial charge in [-0.2, -0.15) is 0 Å². The Morgan fingerprint density at radius 1 is 1.11 bits per heavy atom. The first kappa shape index (κ1) is 17.5. The van der Waals surface area contributed by atoms with Crippen molar-refractivity contribution in [3.8, 4) is 0 Å². The first-order valence-electron chi connectivity index (χ1n) is 8.83. The van der Waals surface area contributed by atoms with E-state index in [4.69, 9.17) is 4.42 Å². The third-order valence-corrected chi connectivity index (χ3v) is 5.49. The van der Waals surface area contributed by atoms with Crippen LogP contribution in [0.25, 0.3) is 22.0 Å². The third kappa shape index (κ3) is 3.66. The highest BCUT2D eigenvalue weighted by Gasteiger charge is 2.22. The minimum atomic E-state index is -0.301. The standard InChI is InChI=1S/C21H19N3O2S/c1-3-19(27-21-24-16-10-6-7-11-18(16)26-21)20(25)23-17-12-13(2)22-15-9-5-4-8-14(15)17/h4-12,19H,3H2,1-2H3,(H,22,23,25). The molecule has 0 saturated carbocycles. The summed E-state index contributed by atoms with van der Waals surface area (Å²) in [6, 6.07) is 17.3. The Kier molecular flexibility index (Phi) is 4.81. The van der Waals surface area contributed by atoms with E-state index in [2.05, 4.69) is 15.3 Å². The van der Waals surface area contributed by atoms with Gasteiger partial charge in [-0.1, -0.05) is 49.0 Å². The molecule has 0 saturated heterocycles. The fraction of sp³-hybridized carbons (Fsp3) is 0.190. The van der Waals surface area contributed by atoms with E-state index < -0.39 is 0 Å². The van der Waals surface area contributed by atoms with Gasteiger partial charge in [-0.15, -0.1) is 0 Å². The van der Waals surface area contributed by atoms with Gasteiger partial charge in [0.15, 0.2) is 5.58 Å². The maximum atomic E-state index is 12.9. The van der Waals surface area contributed by atoms with Crippen LogP contribution in [0.1, 0.15) is 19.0 Å². The first-order valence-corrected chi connectivity index (χ1v) is 9.71. The van der Waals surface area contributed by atoms with Crippen LogP contribution in [-0.4, -0.2) is 21.1 Å². The minimum Gasteiger partial charge on any atom is -0.431 e. The topological polar surface area (TPSA) is 68.0 Å². The number of rotatable bonds is 5. The molecule has 5 nitrogen and oxygen atoms in total. The normalized spacial score (nSPS) is 12.4. The van der Waals surface area contributed by atoms with E-state index in [1.807, 2.05) is 68.4 Å². The van der Waals surface area contributed by atoms with Crippen LogP contribution >= 0.6 is 11.8 Å². The number of carbonyl (C=O) groups excluding carboxylic acids is 1. The number of thioether (sulfide) groups is 1. The van der Waals surface area contributed by atoms with E-state index >= 15 is 0 Å². The second kappa shape index (κ2) is 7.40. The van der Waals surface area contributed by atoms with Crippen molar-refractivity contribution < 1.29 is 9.21 Å². The predicted molar refractivity (Wildman–Crippen MR) is 109 cm³/mol. The maximum absolute atomic E-state index is 12.9. The molecule has 4 aromatic rings. The third-order valence-electron chi connectivity index (χ3n) is 4.28. The number of nitrogens with one attached hydrogen (secondary N) is 1. The first-order chi connectivity index (χ1) is 13.1. The summed E-state index contributed by atoms with van der Waals surface area (Å²) in [6.45, 7) is 3.91. The maximum Gasteiger partial charge on any atom is 0.257 e. The fourth-order valence-corrected chi connectivity index (χ4v) is 3.83. The number of fused-ring (bicyclic) bond motifs is 2. The largest absolute Gasteiger partial charge is 0.431 e. The molecular weight excluding hydrogens is 358 g/mol. The highest BCUT2D eigenvalue weighted by atomic mass is 32.2. The van der Waals surface area contributed by atoms with Gasteiger partial charge in [-0.05, 0) is 37.6 Å². The molecule has 6 heteroatoms. The molecule has 0 radical (unpaired) electrons. The molecular formula is C21H19N3O2S. The van der Waals surface area contributed by atoms with Crippen molar-refractivity contribution in [2.24, 2.45) is 0 Å². The molecule has 27 heavy (non-hydrogen) atoms. The molecule has 136 valence electrons. The molecule has 0 aliphatic heterocycles. The molecule has 0 aliphatic carbocycles. The van der Waals surface area contributed by atoms with E-state index in [0.29, 0.717) is 11.6 Å². The lowest BCUT2D eigenvalue weighted by Gasteiger charge is -2.14. The highest BCUT2D eigenvalue weighted by molar-refractivity contribution is 8.00. The van der Waals surface area contributed by atoms with Crippen LogP contribution in [0, 0.1) is 6.92 Å². The molecule has 0 aliphatic rings. The van der Waals surface area contributed by atoms with E-state index in [-0.39, 0.29) is 11.2 Å². The van der Waals surface area contributed by atoms with Gasteiger partial charge in [0.2, 0.25) is 5.91 Å². The van der Waals surface area contributed by atoms with Gasteiger partial charge in [-0.25, -0.2) is 4.98 Å². The second-order valence-electron chi connectivity index (χ2n) is 6.28. The summed E-state index contributed by atoms with van der Waals surface area (Å²) >= 11 is 1.35. The van der Waals surface area contributed by atoms with Gasteiger partial charge < -0.3 is 9.73 Å². The number of hydrogen-bond donors (Lipinski definition) is 1. The number of para-hydroxylation sites is 3. The number of aryl methyl sites for hydroxylation is 1. The Labute approximate surface area is 161 Å². The molecule has 0 fully saturated rings. The van der Waals surface area contributed by atoms with Crippen molar-refractivity contribution >= 4 is 45.4 Å². The van der Waals surface area contributed by atoms with Crippen molar-refractivity contribution in [1.82, 2.24) is 9.97 Å². The molecule has 0 spiro atoms. The summed E-state index contributed by atoms with van der Waals surface area (Å²) in [5.74, 6) is -0.0690. The summed E-state index contributed by atoms with van der Waals surface area (Å²) < 4.78 is 5.75. The van der Waals surface area contributed by atoms with Crippen molar-refractivity contribution in [2.75, 3.05) is 5.32 Å². The van der Waals surface area contributed by atoms with Gasteiger partial charge >= 0.3 is 0 Å². The Morgan fingerprint density at radius 2 is 1.85 bits per heavy atom. The van der Waals surface area contributed by atoms with Gasteiger partial charge in [-0.3, -0.25) is 9.78 Å². The van der Waals surface area contributed by atoms with E-state index in [9.17, 15) is 4.79 Å². The van der Waals surface area contributed by atoms with Gasteiger partial charge in [0.05, 0.1) is 16.5 Å². The number of amides is 1. The average Bonchev–Trinajstić information content (AvgIpc) is 3.08. The zero-order chi connectivity index (χ0) is 18.8. The summed E-state index contributed by atoms with van der Waals surface area (Å²) in [5.41, 5.74) is 4.04. The van der Waals surface area contributed by atoms with Gasteiger partial charge in [0.25, 0.3) is 5.22 Å². The number of benzene rings is 2. The summed E-state index contributed by atoms with van der Waals surface area (Å²) in [4.78, 5) is 21.9. The van der Waals surface area contributed by atoms with E-state index in [0.717, 1.165) is 33.4 Å². The van der Waals surface area contributed by atoms with Gasteiger partial charge in [0.1, 0.15) is 5.52 Å². The lowest BCUT2D eigenvalue weighted by molar-refractivity contribution is -0.115. The summed E-state index contributed by atoms with van der Waals surface area (Å²) in [7, 11) is 0. The van der Waals surface area contributed by atoms with Gasteiger partial charge in [0, 0.05) is 11.1 Å². The Bertz CT molecular complexity index is 1090. The minimum absolute atomic E-state index is 0.0690. The smallest absolute Gasteiger partial charge is 0.257 e. The number of aromatic nitrogens is 2. The summed E-state index contributed by atoms with van der Waals surface area (Å²) in [6.07, 6.45) is 0.664. The van der Waals surface area contributed by atoms with Crippen LogP contribution in [0.5, 0.6) is 0 Å². The number of carbonyl (C=O) groups is 1. The molecule has 2 heterocycles. The Hall–Kier alpha value is -2.86. The number of anilines is 1. The van der Waals surface area contributed by atoms with Crippen molar-refractivity contribution in [3.63, 3.8) is 0 Å². The molecule has 1 atom stereocenters. The zero-order valence-electron chi connectivity index (χ0n) is 15.1. The molecule has 0 bridgehead atoms. The number of oxazole rings is 1. The SMILES string of the molecule is CCC(Sc1nc2ccccc2o1)C(=O)Nc1cc(C)nc2ccccc12. The zero-order valence-corrected chi connectivity index (χ0v) is 15.9. The monoisotopic (exact) mass is 377 g/mol. The molecule has 2 aromatic heterocycles. The number of hydrogen-bond acceptors (Lipinski definition) is 5. The van der Waals surface area contributed by atoms with Crippen LogP contribution in [0.15, 0.2) is 64.2 Å². The lowest BCUT2D eigenvalue weighted by atomic mass is 10.1. The molecule has 1 N–H and O–H groups in total. The molecule has 4 rings (SSSR count). The Balaban J connectivity index is 1.57. The van der Waals surface area contributed by atoms with Crippen LogP contribution in [0.2, 0.25) is 0 Å². The molecule has 1 amide bonds. The van der Waals surface area contributed by atoms with Crippen LogP contribution < -0.4 is 5.32 Å². The summed E-state index contributed by atoms with van der Waals surface area (Å²) in [5, 5.41) is 4.20. The molecule has 2 aromatic carbocycles. The number of nitrogens with zero attached hydrogens (tertiary/aromatic N) is 2. The predicted octanol–water partition coefficient (Wildman–Crippen LogP) is 5.19. The highest BCUT2D eigenvalue weighted by Crippen LogP contribution is 2.30. The van der Waals surface area contributed by atoms with Crippen molar-refractivity contribution in [1.29, 1.82) is 0 Å². The van der Waals surface area contributed by atoms with E-state index in [1.54, 1.807) is 0 Å². The molecule has 1 unspecified atom stereocenters. The fourth-order valence-electron chi connectivity index (χ4n) is 2.97. The second-order valence-corrected chi connectivity index (χ2v) is 7.43. The van der Waals surface area contributed by atoms with Crippen LogP contribution in [0.3, 0.4) is 0 Å².